The van der Waals surface area contributed by atoms with E-state index in [-0.39, 0.29) is 17.0 Å². The standard InChI is InChI=1S/C22H13Cl2NO5S/c23-16-5-2-6-17(24)15(16)11-25-20(26)19(31-22(25)29)10-14-7-8-18(30-14)12-3-1-4-13(9-12)21(27)28/h1-10H,11H2,(H,27,28)/b19-10-. The van der Waals surface area contributed by atoms with E-state index in [2.05, 4.69) is 0 Å². The summed E-state index contributed by atoms with van der Waals surface area (Å²) in [7, 11) is 0. The molecule has 6 nitrogen and oxygen atoms in total. The summed E-state index contributed by atoms with van der Waals surface area (Å²) >= 11 is 13.1. The van der Waals surface area contributed by atoms with Crippen LogP contribution in [0.3, 0.4) is 0 Å². The van der Waals surface area contributed by atoms with E-state index in [1.165, 1.54) is 18.2 Å². The van der Waals surface area contributed by atoms with Crippen LogP contribution in [-0.4, -0.2) is 27.1 Å². The quantitative estimate of drug-likeness (QED) is 0.444. The number of imide groups is 1. The van der Waals surface area contributed by atoms with E-state index in [9.17, 15) is 14.4 Å². The van der Waals surface area contributed by atoms with Gasteiger partial charge in [0.2, 0.25) is 0 Å². The third kappa shape index (κ3) is 4.39. The van der Waals surface area contributed by atoms with E-state index in [0.717, 1.165) is 16.7 Å². The molecular formula is C22H13Cl2NO5S. The highest BCUT2D eigenvalue weighted by Gasteiger charge is 2.36. The molecule has 1 aromatic heterocycles. The molecule has 2 heterocycles. The fourth-order valence-electron chi connectivity index (χ4n) is 3.00. The lowest BCUT2D eigenvalue weighted by Crippen LogP contribution is -2.27. The Kier molecular flexibility index (Phi) is 5.91. The molecule has 1 aliphatic rings. The lowest BCUT2D eigenvalue weighted by atomic mass is 10.1. The van der Waals surface area contributed by atoms with Crippen molar-refractivity contribution in [1.82, 2.24) is 4.90 Å². The fourth-order valence-corrected chi connectivity index (χ4v) is 4.33. The number of hydrogen-bond donors (Lipinski definition) is 1. The maximum atomic E-state index is 12.8. The molecule has 1 fully saturated rings. The Morgan fingerprint density at radius 1 is 1.06 bits per heavy atom. The van der Waals surface area contributed by atoms with E-state index < -0.39 is 17.1 Å². The molecule has 3 aromatic rings. The van der Waals surface area contributed by atoms with Gasteiger partial charge in [0.05, 0.1) is 17.0 Å². The molecule has 2 aromatic carbocycles. The molecule has 2 amide bonds. The Bertz CT molecular complexity index is 1230. The van der Waals surface area contributed by atoms with Crippen molar-refractivity contribution in [3.05, 3.63) is 86.4 Å². The first-order valence-electron chi connectivity index (χ1n) is 8.95. The second-order valence-electron chi connectivity index (χ2n) is 6.56. The largest absolute Gasteiger partial charge is 0.478 e. The monoisotopic (exact) mass is 473 g/mol. The van der Waals surface area contributed by atoms with E-state index in [1.807, 2.05) is 0 Å². The number of amides is 2. The van der Waals surface area contributed by atoms with Crippen LogP contribution in [0.2, 0.25) is 10.0 Å². The molecule has 0 saturated carbocycles. The maximum Gasteiger partial charge on any atom is 0.335 e. The Hall–Kier alpha value is -3.00. The highest BCUT2D eigenvalue weighted by Crippen LogP contribution is 2.36. The molecule has 0 atom stereocenters. The smallest absolute Gasteiger partial charge is 0.335 e. The maximum absolute atomic E-state index is 12.8. The molecule has 1 saturated heterocycles. The zero-order chi connectivity index (χ0) is 22.1. The molecule has 156 valence electrons. The fraction of sp³-hybridized carbons (Fsp3) is 0.0455. The molecule has 0 unspecified atom stereocenters. The Morgan fingerprint density at radius 3 is 2.48 bits per heavy atom. The second kappa shape index (κ2) is 8.63. The lowest BCUT2D eigenvalue weighted by molar-refractivity contribution is -0.123. The van der Waals surface area contributed by atoms with E-state index in [1.54, 1.807) is 42.5 Å². The summed E-state index contributed by atoms with van der Waals surface area (Å²) in [5.74, 6) is -0.717. The normalized spacial score (nSPS) is 15.2. The van der Waals surface area contributed by atoms with E-state index >= 15 is 0 Å². The van der Waals surface area contributed by atoms with Gasteiger partial charge in [0.15, 0.2) is 0 Å². The average Bonchev–Trinajstić information content (AvgIpc) is 3.31. The zero-order valence-corrected chi connectivity index (χ0v) is 18.0. The first-order valence-corrected chi connectivity index (χ1v) is 10.5. The zero-order valence-electron chi connectivity index (χ0n) is 15.7. The SMILES string of the molecule is O=C(O)c1cccc(-c2ccc(/C=C3\SC(=O)N(Cc4c(Cl)cccc4Cl)C3=O)o2)c1. The van der Waals surface area contributed by atoms with Gasteiger partial charge in [0, 0.05) is 27.2 Å². The van der Waals surface area contributed by atoms with Gasteiger partial charge in [0.1, 0.15) is 11.5 Å². The minimum absolute atomic E-state index is 0.0358. The van der Waals surface area contributed by atoms with Crippen molar-refractivity contribution in [2.24, 2.45) is 0 Å². The van der Waals surface area contributed by atoms with Crippen molar-refractivity contribution in [3.8, 4) is 11.3 Å². The van der Waals surface area contributed by atoms with Crippen molar-refractivity contribution in [2.45, 2.75) is 6.54 Å². The Labute approximate surface area is 191 Å². The van der Waals surface area contributed by atoms with Crippen LogP contribution in [0.1, 0.15) is 21.7 Å². The van der Waals surface area contributed by atoms with Crippen molar-refractivity contribution < 1.29 is 23.9 Å². The predicted octanol–water partition coefficient (Wildman–Crippen LogP) is 6.19. The first-order chi connectivity index (χ1) is 14.8. The molecule has 0 spiro atoms. The summed E-state index contributed by atoms with van der Waals surface area (Å²) in [5.41, 5.74) is 1.21. The Morgan fingerprint density at radius 2 is 1.77 bits per heavy atom. The minimum Gasteiger partial charge on any atom is -0.478 e. The predicted molar refractivity (Wildman–Crippen MR) is 119 cm³/mol. The highest BCUT2D eigenvalue weighted by atomic mass is 35.5. The molecule has 1 N–H and O–H groups in total. The van der Waals surface area contributed by atoms with E-state index in [0.29, 0.717) is 32.7 Å². The van der Waals surface area contributed by atoms with Crippen molar-refractivity contribution in [3.63, 3.8) is 0 Å². The van der Waals surface area contributed by atoms with Crippen LogP contribution in [0.15, 0.2) is 63.9 Å². The summed E-state index contributed by atoms with van der Waals surface area (Å²) in [5, 5.41) is 9.44. The lowest BCUT2D eigenvalue weighted by Gasteiger charge is -2.14. The topological polar surface area (TPSA) is 87.8 Å². The van der Waals surface area contributed by atoms with Crippen LogP contribution in [0.5, 0.6) is 0 Å². The van der Waals surface area contributed by atoms with Crippen molar-refractivity contribution >= 4 is 58.2 Å². The van der Waals surface area contributed by atoms with Gasteiger partial charge >= 0.3 is 5.97 Å². The molecule has 1 aliphatic heterocycles. The number of hydrogen-bond acceptors (Lipinski definition) is 5. The van der Waals surface area contributed by atoms with Crippen LogP contribution in [0.4, 0.5) is 4.79 Å². The number of nitrogens with zero attached hydrogens (tertiary/aromatic N) is 1. The summed E-state index contributed by atoms with van der Waals surface area (Å²) in [6.45, 7) is -0.0358. The number of furan rings is 1. The van der Waals surface area contributed by atoms with Gasteiger partial charge in [0.25, 0.3) is 11.1 Å². The van der Waals surface area contributed by atoms with Gasteiger partial charge in [-0.2, -0.15) is 0 Å². The third-order valence-corrected chi connectivity index (χ3v) is 6.16. The highest BCUT2D eigenvalue weighted by molar-refractivity contribution is 8.18. The van der Waals surface area contributed by atoms with Crippen molar-refractivity contribution in [1.29, 1.82) is 0 Å². The molecular weight excluding hydrogens is 461 g/mol. The number of carbonyl (C=O) groups is 3. The van der Waals surface area contributed by atoms with Crippen LogP contribution in [-0.2, 0) is 11.3 Å². The average molecular weight is 474 g/mol. The number of benzene rings is 2. The molecule has 0 radical (unpaired) electrons. The van der Waals surface area contributed by atoms with Gasteiger partial charge in [-0.1, -0.05) is 41.4 Å². The minimum atomic E-state index is -1.04. The first kappa shape index (κ1) is 21.2. The third-order valence-electron chi connectivity index (χ3n) is 4.55. The summed E-state index contributed by atoms with van der Waals surface area (Å²) in [6, 6.07) is 14.6. The number of aromatic carboxylic acids is 1. The van der Waals surface area contributed by atoms with Crippen LogP contribution < -0.4 is 0 Å². The molecule has 9 heteroatoms. The number of carbonyl (C=O) groups excluding carboxylic acids is 2. The van der Waals surface area contributed by atoms with Crippen molar-refractivity contribution in [2.75, 3.05) is 0 Å². The van der Waals surface area contributed by atoms with E-state index in [4.69, 9.17) is 32.7 Å². The molecule has 0 bridgehead atoms. The van der Waals surface area contributed by atoms with Gasteiger partial charge in [-0.15, -0.1) is 0 Å². The number of thioether (sulfide) groups is 1. The van der Waals surface area contributed by atoms with Gasteiger partial charge in [-0.25, -0.2) is 4.79 Å². The number of carboxylic acid groups (broad SMARTS) is 1. The number of halogens is 2. The van der Waals surface area contributed by atoms with Gasteiger partial charge < -0.3 is 9.52 Å². The Balaban J connectivity index is 1.56. The molecule has 31 heavy (non-hydrogen) atoms. The molecule has 4 rings (SSSR count). The second-order valence-corrected chi connectivity index (χ2v) is 8.36. The van der Waals surface area contributed by atoms with Gasteiger partial charge in [-0.05, 0) is 48.2 Å². The summed E-state index contributed by atoms with van der Waals surface area (Å²) < 4.78 is 5.73. The summed E-state index contributed by atoms with van der Waals surface area (Å²) in [6.07, 6.45) is 1.48. The van der Waals surface area contributed by atoms with Gasteiger partial charge in [-0.3, -0.25) is 14.5 Å². The number of rotatable bonds is 5. The van der Waals surface area contributed by atoms with Crippen LogP contribution in [0.25, 0.3) is 17.4 Å². The molecule has 0 aliphatic carbocycles. The summed E-state index contributed by atoms with van der Waals surface area (Å²) in [4.78, 5) is 37.6. The van der Waals surface area contributed by atoms with Crippen LogP contribution >= 0.6 is 35.0 Å². The number of carboxylic acids is 1. The van der Waals surface area contributed by atoms with Crippen LogP contribution in [0, 0.1) is 0 Å².